The number of likely N-dealkylation sites (tertiary alicyclic amines) is 1. The molecule has 1 saturated heterocycles. The molecule has 0 aliphatic carbocycles. The first-order valence-corrected chi connectivity index (χ1v) is 11.4. The van der Waals surface area contributed by atoms with Gasteiger partial charge in [-0.25, -0.2) is 13.4 Å². The van der Waals surface area contributed by atoms with Crippen LogP contribution in [0.1, 0.15) is 37.0 Å². The molecule has 0 bridgehead atoms. The number of ether oxygens (including phenoxy) is 1. The van der Waals surface area contributed by atoms with E-state index in [2.05, 4.69) is 9.71 Å². The predicted molar refractivity (Wildman–Crippen MR) is 112 cm³/mol. The van der Waals surface area contributed by atoms with E-state index in [1.54, 1.807) is 38.1 Å². The Balaban J connectivity index is 1.74. The van der Waals surface area contributed by atoms with E-state index in [1.807, 2.05) is 18.2 Å². The number of nitrogens with one attached hydrogen (secondary N) is 1. The summed E-state index contributed by atoms with van der Waals surface area (Å²) < 4.78 is 31.8. The fraction of sp³-hybridized carbons (Fsp3) is 0.381. The van der Waals surface area contributed by atoms with Crippen LogP contribution in [0.15, 0.2) is 48.7 Å². The molecule has 1 fully saturated rings. The van der Waals surface area contributed by atoms with Gasteiger partial charge in [-0.2, -0.15) is 0 Å². The zero-order valence-electron chi connectivity index (χ0n) is 17.0. The van der Waals surface area contributed by atoms with Crippen LogP contribution in [-0.4, -0.2) is 49.0 Å². The van der Waals surface area contributed by atoms with Crippen molar-refractivity contribution in [2.24, 2.45) is 5.41 Å². The van der Waals surface area contributed by atoms with Gasteiger partial charge in [-0.3, -0.25) is 14.3 Å². The van der Waals surface area contributed by atoms with Gasteiger partial charge in [0.1, 0.15) is 11.3 Å². The summed E-state index contributed by atoms with van der Waals surface area (Å²) >= 11 is 0. The van der Waals surface area contributed by atoms with Crippen LogP contribution in [0.5, 0.6) is 11.6 Å². The Bertz CT molecular complexity index is 1030. The summed E-state index contributed by atoms with van der Waals surface area (Å²) in [7, 11) is -3.67. The number of benzene rings is 1. The minimum absolute atomic E-state index is 0.110. The standard InChI is InChI=1S/C21H25N3O5S/c1-3-14-30(27,28)23-20(26)21(2)11-13-24(15-21)19(25)17-10-7-12-22-18(17)29-16-8-5-4-6-9-16/h4-10,12H,3,11,13-15H2,1-2H3,(H,23,26). The van der Waals surface area contributed by atoms with Crippen molar-refractivity contribution in [3.63, 3.8) is 0 Å². The van der Waals surface area contributed by atoms with Gasteiger partial charge >= 0.3 is 0 Å². The normalized spacial score (nSPS) is 18.8. The van der Waals surface area contributed by atoms with Gasteiger partial charge in [-0.15, -0.1) is 0 Å². The van der Waals surface area contributed by atoms with E-state index in [1.165, 1.54) is 11.1 Å². The molecule has 9 heteroatoms. The van der Waals surface area contributed by atoms with Crippen LogP contribution in [-0.2, 0) is 14.8 Å². The molecule has 2 heterocycles. The monoisotopic (exact) mass is 431 g/mol. The van der Waals surface area contributed by atoms with Gasteiger partial charge in [-0.1, -0.05) is 25.1 Å². The molecule has 8 nitrogen and oxygen atoms in total. The van der Waals surface area contributed by atoms with E-state index in [0.29, 0.717) is 25.1 Å². The number of rotatable bonds is 7. The minimum Gasteiger partial charge on any atom is -0.438 e. The fourth-order valence-electron chi connectivity index (χ4n) is 3.31. The molecule has 0 spiro atoms. The van der Waals surface area contributed by atoms with E-state index in [9.17, 15) is 18.0 Å². The van der Waals surface area contributed by atoms with Gasteiger partial charge in [-0.05, 0) is 44.0 Å². The summed E-state index contributed by atoms with van der Waals surface area (Å²) in [5.41, 5.74) is -0.705. The second-order valence-electron chi connectivity index (χ2n) is 7.56. The number of carbonyl (C=O) groups is 2. The molecule has 0 saturated carbocycles. The van der Waals surface area contributed by atoms with Crippen LogP contribution in [0.4, 0.5) is 0 Å². The fourth-order valence-corrected chi connectivity index (χ4v) is 4.48. The highest BCUT2D eigenvalue weighted by atomic mass is 32.2. The van der Waals surface area contributed by atoms with Crippen molar-refractivity contribution in [2.45, 2.75) is 26.7 Å². The number of aromatic nitrogens is 1. The van der Waals surface area contributed by atoms with E-state index in [-0.39, 0.29) is 29.6 Å². The Hall–Kier alpha value is -2.94. The molecule has 1 aliphatic rings. The number of nitrogens with zero attached hydrogens (tertiary/aromatic N) is 2. The van der Waals surface area contributed by atoms with Crippen molar-refractivity contribution in [3.05, 3.63) is 54.2 Å². The minimum atomic E-state index is -3.67. The third kappa shape index (κ3) is 4.96. The smallest absolute Gasteiger partial charge is 0.259 e. The highest BCUT2D eigenvalue weighted by Gasteiger charge is 2.43. The number of hydrogen-bond donors (Lipinski definition) is 1. The number of pyridine rings is 1. The molecule has 160 valence electrons. The maximum Gasteiger partial charge on any atom is 0.259 e. The lowest BCUT2D eigenvalue weighted by molar-refractivity contribution is -0.127. The zero-order valence-corrected chi connectivity index (χ0v) is 17.8. The Morgan fingerprint density at radius 1 is 1.20 bits per heavy atom. The van der Waals surface area contributed by atoms with Crippen LogP contribution >= 0.6 is 0 Å². The second-order valence-corrected chi connectivity index (χ2v) is 9.40. The van der Waals surface area contributed by atoms with Crippen molar-refractivity contribution in [1.82, 2.24) is 14.6 Å². The van der Waals surface area contributed by atoms with Crippen LogP contribution < -0.4 is 9.46 Å². The number of sulfonamides is 1. The Morgan fingerprint density at radius 2 is 1.93 bits per heavy atom. The van der Waals surface area contributed by atoms with Crippen molar-refractivity contribution in [3.8, 4) is 11.6 Å². The van der Waals surface area contributed by atoms with Crippen LogP contribution in [0.25, 0.3) is 0 Å². The number of amides is 2. The highest BCUT2D eigenvalue weighted by Crippen LogP contribution is 2.33. The first-order chi connectivity index (χ1) is 14.2. The lowest BCUT2D eigenvalue weighted by atomic mass is 9.89. The molecule has 2 aromatic rings. The molecule has 1 unspecified atom stereocenters. The Morgan fingerprint density at radius 3 is 2.63 bits per heavy atom. The SMILES string of the molecule is CCCS(=O)(=O)NC(=O)C1(C)CCN(C(=O)c2cccnc2Oc2ccccc2)C1. The topological polar surface area (TPSA) is 106 Å². The lowest BCUT2D eigenvalue weighted by Crippen LogP contribution is -2.44. The third-order valence-corrected chi connectivity index (χ3v) is 6.43. The first-order valence-electron chi connectivity index (χ1n) is 9.76. The van der Waals surface area contributed by atoms with Crippen LogP contribution in [0.2, 0.25) is 0 Å². The zero-order chi connectivity index (χ0) is 21.8. The van der Waals surface area contributed by atoms with E-state index in [0.717, 1.165) is 0 Å². The molecule has 2 amide bonds. The molecule has 3 rings (SSSR count). The molecule has 0 radical (unpaired) electrons. The summed E-state index contributed by atoms with van der Waals surface area (Å²) in [5.74, 6) is -0.290. The number of para-hydroxylation sites is 1. The van der Waals surface area contributed by atoms with Gasteiger partial charge in [0.05, 0.1) is 11.2 Å². The molecule has 1 aromatic carbocycles. The van der Waals surface area contributed by atoms with Gasteiger partial charge in [0.25, 0.3) is 5.91 Å². The summed E-state index contributed by atoms with van der Waals surface area (Å²) in [6, 6.07) is 12.3. The maximum atomic E-state index is 13.1. The summed E-state index contributed by atoms with van der Waals surface area (Å²) in [6.07, 6.45) is 2.31. The van der Waals surface area contributed by atoms with Crippen molar-refractivity contribution in [1.29, 1.82) is 0 Å². The first kappa shape index (κ1) is 21.8. The van der Waals surface area contributed by atoms with Gasteiger partial charge < -0.3 is 9.64 Å². The number of carbonyl (C=O) groups excluding carboxylic acids is 2. The van der Waals surface area contributed by atoms with Crippen molar-refractivity contribution in [2.75, 3.05) is 18.8 Å². The van der Waals surface area contributed by atoms with Gasteiger partial charge in [0, 0.05) is 19.3 Å². The molecule has 30 heavy (non-hydrogen) atoms. The number of hydrogen-bond acceptors (Lipinski definition) is 6. The summed E-state index contributed by atoms with van der Waals surface area (Å²) in [5, 5.41) is 0. The molecule has 1 atom stereocenters. The van der Waals surface area contributed by atoms with Crippen LogP contribution in [0, 0.1) is 5.41 Å². The molecular formula is C21H25N3O5S. The quantitative estimate of drug-likeness (QED) is 0.722. The third-order valence-electron chi connectivity index (χ3n) is 4.99. The maximum absolute atomic E-state index is 13.1. The predicted octanol–water partition coefficient (Wildman–Crippen LogP) is 2.58. The average Bonchev–Trinajstić information content (AvgIpc) is 3.12. The highest BCUT2D eigenvalue weighted by molar-refractivity contribution is 7.90. The summed E-state index contributed by atoms with van der Waals surface area (Å²) in [6.45, 7) is 3.83. The van der Waals surface area contributed by atoms with Crippen molar-refractivity contribution < 1.29 is 22.7 Å². The van der Waals surface area contributed by atoms with Gasteiger partial charge in [0.15, 0.2) is 0 Å². The lowest BCUT2D eigenvalue weighted by Gasteiger charge is -2.24. The van der Waals surface area contributed by atoms with E-state index >= 15 is 0 Å². The van der Waals surface area contributed by atoms with Crippen molar-refractivity contribution >= 4 is 21.8 Å². The average molecular weight is 432 g/mol. The largest absolute Gasteiger partial charge is 0.438 e. The van der Waals surface area contributed by atoms with E-state index in [4.69, 9.17) is 4.74 Å². The van der Waals surface area contributed by atoms with Crippen LogP contribution in [0.3, 0.4) is 0 Å². The molecular weight excluding hydrogens is 406 g/mol. The van der Waals surface area contributed by atoms with Gasteiger partial charge in [0.2, 0.25) is 21.8 Å². The molecule has 1 N–H and O–H groups in total. The Labute approximate surface area is 176 Å². The second kappa shape index (κ2) is 8.83. The molecule has 1 aromatic heterocycles. The molecule has 1 aliphatic heterocycles. The Kier molecular flexibility index (Phi) is 6.40. The van der Waals surface area contributed by atoms with E-state index < -0.39 is 21.3 Å². The summed E-state index contributed by atoms with van der Waals surface area (Å²) in [4.78, 5) is 31.4.